The van der Waals surface area contributed by atoms with Gasteiger partial charge >= 0.3 is 0 Å². The number of amides is 1. The topological polar surface area (TPSA) is 68.2 Å². The van der Waals surface area contributed by atoms with Crippen molar-refractivity contribution in [1.82, 2.24) is 15.1 Å². The first kappa shape index (κ1) is 13.0. The summed E-state index contributed by atoms with van der Waals surface area (Å²) in [6.07, 6.45) is 3.44. The fourth-order valence-corrected chi connectivity index (χ4v) is 1.87. The van der Waals surface area contributed by atoms with Gasteiger partial charge in [0.1, 0.15) is 11.9 Å². The number of carbonyl (C=O) groups is 1. The molecule has 1 atom stereocenters. The van der Waals surface area contributed by atoms with Crippen LogP contribution in [0.4, 0.5) is 5.82 Å². The maximum Gasteiger partial charge on any atom is 0.255 e. The van der Waals surface area contributed by atoms with Gasteiger partial charge in [-0.1, -0.05) is 13.3 Å². The van der Waals surface area contributed by atoms with Gasteiger partial charge in [-0.3, -0.25) is 4.79 Å². The molecule has 1 aliphatic heterocycles. The Balaban J connectivity index is 1.91. The Hall–Kier alpha value is -1.40. The SMILES string of the molecule is CCCCn1nccc1NC(=O)C1CNCCO1. The third kappa shape index (κ3) is 3.30. The van der Waals surface area contributed by atoms with Crippen molar-refractivity contribution in [2.45, 2.75) is 32.4 Å². The average Bonchev–Trinajstić information content (AvgIpc) is 2.84. The summed E-state index contributed by atoms with van der Waals surface area (Å²) in [6, 6.07) is 1.81. The maximum absolute atomic E-state index is 12.0. The van der Waals surface area contributed by atoms with Gasteiger partial charge in [-0.2, -0.15) is 5.10 Å². The van der Waals surface area contributed by atoms with Gasteiger partial charge in [0.05, 0.1) is 12.8 Å². The van der Waals surface area contributed by atoms with Crippen LogP contribution in [-0.4, -0.2) is 41.5 Å². The fraction of sp³-hybridized carbons (Fsp3) is 0.667. The monoisotopic (exact) mass is 252 g/mol. The molecule has 1 unspecified atom stereocenters. The van der Waals surface area contributed by atoms with E-state index >= 15 is 0 Å². The van der Waals surface area contributed by atoms with E-state index < -0.39 is 6.10 Å². The number of carbonyl (C=O) groups excluding carboxylic acids is 1. The number of anilines is 1. The van der Waals surface area contributed by atoms with E-state index in [1.165, 1.54) is 0 Å². The Labute approximate surface area is 107 Å². The molecule has 0 aromatic carbocycles. The molecule has 0 spiro atoms. The average molecular weight is 252 g/mol. The summed E-state index contributed by atoms with van der Waals surface area (Å²) in [5.74, 6) is 0.628. The molecule has 2 rings (SSSR count). The highest BCUT2D eigenvalue weighted by Crippen LogP contribution is 2.09. The summed E-state index contributed by atoms with van der Waals surface area (Å²) >= 11 is 0. The standard InChI is InChI=1S/C12H20N4O2/c1-2-3-7-16-11(4-5-14-16)15-12(17)10-9-13-6-8-18-10/h4-5,10,13H,2-3,6-9H2,1H3,(H,15,17). The Kier molecular flexibility index (Phi) is 4.72. The van der Waals surface area contributed by atoms with Crippen LogP contribution in [0, 0.1) is 0 Å². The van der Waals surface area contributed by atoms with Crippen LogP contribution in [0.2, 0.25) is 0 Å². The minimum Gasteiger partial charge on any atom is -0.366 e. The molecule has 6 nitrogen and oxygen atoms in total. The molecule has 1 fully saturated rings. The number of nitrogens with zero attached hydrogens (tertiary/aromatic N) is 2. The molecule has 1 aromatic heterocycles. The van der Waals surface area contributed by atoms with Crippen molar-refractivity contribution < 1.29 is 9.53 Å². The predicted molar refractivity (Wildman–Crippen MR) is 68.4 cm³/mol. The number of aryl methyl sites for hydroxylation is 1. The van der Waals surface area contributed by atoms with E-state index in [4.69, 9.17) is 4.74 Å². The molecule has 2 heterocycles. The fourth-order valence-electron chi connectivity index (χ4n) is 1.87. The van der Waals surface area contributed by atoms with Crippen molar-refractivity contribution in [3.05, 3.63) is 12.3 Å². The Morgan fingerprint density at radius 2 is 2.61 bits per heavy atom. The first-order valence-electron chi connectivity index (χ1n) is 6.46. The van der Waals surface area contributed by atoms with Gasteiger partial charge in [-0.25, -0.2) is 4.68 Å². The summed E-state index contributed by atoms with van der Waals surface area (Å²) in [6.45, 7) is 4.90. The first-order valence-corrected chi connectivity index (χ1v) is 6.46. The highest BCUT2D eigenvalue weighted by molar-refractivity contribution is 5.93. The number of aromatic nitrogens is 2. The molecule has 1 amide bonds. The lowest BCUT2D eigenvalue weighted by atomic mass is 10.3. The summed E-state index contributed by atoms with van der Waals surface area (Å²) < 4.78 is 7.22. The summed E-state index contributed by atoms with van der Waals surface area (Å²) in [4.78, 5) is 12.0. The molecule has 0 saturated carbocycles. The normalized spacial score (nSPS) is 19.7. The van der Waals surface area contributed by atoms with Gasteiger partial charge < -0.3 is 15.4 Å². The Bertz CT molecular complexity index is 385. The Morgan fingerprint density at radius 3 is 3.33 bits per heavy atom. The second-order valence-electron chi connectivity index (χ2n) is 4.35. The zero-order valence-electron chi connectivity index (χ0n) is 10.7. The molecule has 1 aliphatic rings. The molecular formula is C12H20N4O2. The van der Waals surface area contributed by atoms with Gasteiger partial charge in [0.2, 0.25) is 0 Å². The molecule has 100 valence electrons. The molecule has 18 heavy (non-hydrogen) atoms. The van der Waals surface area contributed by atoms with E-state index in [2.05, 4.69) is 22.7 Å². The zero-order chi connectivity index (χ0) is 12.8. The zero-order valence-corrected chi connectivity index (χ0v) is 10.7. The predicted octanol–water partition coefficient (Wildman–Crippen LogP) is 0.610. The summed E-state index contributed by atoms with van der Waals surface area (Å²) in [5.41, 5.74) is 0. The number of morpholine rings is 1. The third-order valence-corrected chi connectivity index (χ3v) is 2.91. The first-order chi connectivity index (χ1) is 8.81. The van der Waals surface area contributed by atoms with Crippen LogP contribution >= 0.6 is 0 Å². The van der Waals surface area contributed by atoms with Crippen LogP contribution in [0.3, 0.4) is 0 Å². The minimum absolute atomic E-state index is 0.111. The van der Waals surface area contributed by atoms with Crippen molar-refractivity contribution in [2.75, 3.05) is 25.0 Å². The molecule has 1 saturated heterocycles. The van der Waals surface area contributed by atoms with Crippen LogP contribution in [0.5, 0.6) is 0 Å². The van der Waals surface area contributed by atoms with Crippen LogP contribution < -0.4 is 10.6 Å². The van der Waals surface area contributed by atoms with E-state index in [0.717, 1.165) is 31.7 Å². The van der Waals surface area contributed by atoms with Crippen LogP contribution in [-0.2, 0) is 16.1 Å². The molecule has 0 aliphatic carbocycles. The summed E-state index contributed by atoms with van der Waals surface area (Å²) in [5, 5.41) is 10.2. The van der Waals surface area contributed by atoms with Gasteiger partial charge in [0.25, 0.3) is 5.91 Å². The van der Waals surface area contributed by atoms with E-state index in [-0.39, 0.29) is 5.91 Å². The highest BCUT2D eigenvalue weighted by atomic mass is 16.5. The number of unbranched alkanes of at least 4 members (excludes halogenated alkanes) is 1. The molecule has 2 N–H and O–H groups in total. The second kappa shape index (κ2) is 6.51. The number of hydrogen-bond donors (Lipinski definition) is 2. The molecular weight excluding hydrogens is 232 g/mol. The van der Waals surface area contributed by atoms with Crippen molar-refractivity contribution in [3.63, 3.8) is 0 Å². The number of hydrogen-bond acceptors (Lipinski definition) is 4. The number of nitrogens with one attached hydrogen (secondary N) is 2. The van der Waals surface area contributed by atoms with E-state index in [1.54, 1.807) is 6.20 Å². The smallest absolute Gasteiger partial charge is 0.255 e. The Morgan fingerprint density at radius 1 is 1.72 bits per heavy atom. The molecule has 0 radical (unpaired) electrons. The second-order valence-corrected chi connectivity index (χ2v) is 4.35. The van der Waals surface area contributed by atoms with Crippen molar-refractivity contribution >= 4 is 11.7 Å². The van der Waals surface area contributed by atoms with Gasteiger partial charge in [0.15, 0.2) is 0 Å². The number of rotatable bonds is 5. The third-order valence-electron chi connectivity index (χ3n) is 2.91. The maximum atomic E-state index is 12.0. The lowest BCUT2D eigenvalue weighted by molar-refractivity contribution is -0.128. The van der Waals surface area contributed by atoms with E-state index in [0.29, 0.717) is 13.2 Å². The molecule has 1 aromatic rings. The minimum atomic E-state index is -0.409. The number of ether oxygens (including phenoxy) is 1. The van der Waals surface area contributed by atoms with Crippen molar-refractivity contribution in [1.29, 1.82) is 0 Å². The quantitative estimate of drug-likeness (QED) is 0.805. The van der Waals surface area contributed by atoms with Crippen LogP contribution in [0.25, 0.3) is 0 Å². The van der Waals surface area contributed by atoms with Crippen molar-refractivity contribution in [2.24, 2.45) is 0 Å². The van der Waals surface area contributed by atoms with Gasteiger partial charge in [-0.05, 0) is 6.42 Å². The largest absolute Gasteiger partial charge is 0.366 e. The van der Waals surface area contributed by atoms with Crippen molar-refractivity contribution in [3.8, 4) is 0 Å². The molecule has 6 heteroatoms. The van der Waals surface area contributed by atoms with E-state index in [1.807, 2.05) is 10.7 Å². The van der Waals surface area contributed by atoms with Gasteiger partial charge in [0, 0.05) is 25.7 Å². The summed E-state index contributed by atoms with van der Waals surface area (Å²) in [7, 11) is 0. The lowest BCUT2D eigenvalue weighted by Crippen LogP contribution is -2.45. The highest BCUT2D eigenvalue weighted by Gasteiger charge is 2.22. The van der Waals surface area contributed by atoms with Crippen LogP contribution in [0.15, 0.2) is 12.3 Å². The van der Waals surface area contributed by atoms with E-state index in [9.17, 15) is 4.79 Å². The van der Waals surface area contributed by atoms with Crippen LogP contribution in [0.1, 0.15) is 19.8 Å². The molecule has 0 bridgehead atoms. The van der Waals surface area contributed by atoms with Gasteiger partial charge in [-0.15, -0.1) is 0 Å². The lowest BCUT2D eigenvalue weighted by Gasteiger charge is -2.22.